The highest BCUT2D eigenvalue weighted by atomic mass is 16.1. The van der Waals surface area contributed by atoms with E-state index in [2.05, 4.69) is 45.9 Å². The summed E-state index contributed by atoms with van der Waals surface area (Å²) in [6.45, 7) is 10.1. The van der Waals surface area contributed by atoms with Crippen molar-refractivity contribution in [2.75, 3.05) is 13.6 Å². The molecule has 0 saturated carbocycles. The predicted octanol–water partition coefficient (Wildman–Crippen LogP) is 2.92. The molecule has 17 heavy (non-hydrogen) atoms. The molecule has 0 saturated heterocycles. The van der Waals surface area contributed by atoms with E-state index in [9.17, 15) is 4.79 Å². The lowest BCUT2D eigenvalue weighted by molar-refractivity contribution is -0.108. The molecule has 0 aliphatic carbocycles. The number of nitrogens with zero attached hydrogens (tertiary/aromatic N) is 1. The number of carbonyl (C=O) groups is 1. The molecule has 2 nitrogen and oxygen atoms in total. The summed E-state index contributed by atoms with van der Waals surface area (Å²) in [6.07, 6.45) is 0.947. The summed E-state index contributed by atoms with van der Waals surface area (Å²) in [5.74, 6) is 0. The first-order chi connectivity index (χ1) is 7.84. The second-order valence-electron chi connectivity index (χ2n) is 5.75. The molecule has 0 unspecified atom stereocenters. The molecule has 0 aromatic heterocycles. The van der Waals surface area contributed by atoms with Gasteiger partial charge in [-0.1, -0.05) is 39.0 Å². The highest BCUT2D eigenvalue weighted by molar-refractivity contribution is 5.52. The fraction of sp³-hybridized carbons (Fsp3) is 0.533. The minimum Gasteiger partial charge on any atom is -0.302 e. The number of rotatable bonds is 4. The Morgan fingerprint density at radius 3 is 2.47 bits per heavy atom. The Labute approximate surface area is 105 Å². The molecule has 94 valence electrons. The second kappa shape index (κ2) is 5.46. The van der Waals surface area contributed by atoms with Crippen molar-refractivity contribution in [3.63, 3.8) is 0 Å². The van der Waals surface area contributed by atoms with Crippen molar-refractivity contribution >= 4 is 6.29 Å². The molecule has 2 heteroatoms. The van der Waals surface area contributed by atoms with Crippen molar-refractivity contribution in [1.29, 1.82) is 0 Å². The van der Waals surface area contributed by atoms with Crippen LogP contribution in [0.1, 0.15) is 37.5 Å². The maximum Gasteiger partial charge on any atom is 0.133 e. The molecule has 1 aromatic carbocycles. The highest BCUT2D eigenvalue weighted by Crippen LogP contribution is 2.24. The highest BCUT2D eigenvalue weighted by Gasteiger charge is 2.15. The van der Waals surface area contributed by atoms with Crippen LogP contribution in [-0.2, 0) is 16.8 Å². The minimum absolute atomic E-state index is 0.172. The van der Waals surface area contributed by atoms with Crippen LogP contribution in [0.5, 0.6) is 0 Å². The van der Waals surface area contributed by atoms with E-state index in [0.717, 1.165) is 12.8 Å². The van der Waals surface area contributed by atoms with E-state index in [1.807, 2.05) is 11.9 Å². The number of aldehydes is 1. The van der Waals surface area contributed by atoms with Gasteiger partial charge in [0.1, 0.15) is 6.29 Å². The van der Waals surface area contributed by atoms with Gasteiger partial charge in [-0.15, -0.1) is 0 Å². The van der Waals surface area contributed by atoms with Gasteiger partial charge < -0.3 is 4.79 Å². The summed E-state index contributed by atoms with van der Waals surface area (Å²) >= 11 is 0. The van der Waals surface area contributed by atoms with Gasteiger partial charge in [-0.3, -0.25) is 4.90 Å². The van der Waals surface area contributed by atoms with E-state index in [-0.39, 0.29) is 5.41 Å². The third kappa shape index (κ3) is 3.97. The summed E-state index contributed by atoms with van der Waals surface area (Å²) in [6, 6.07) is 6.62. The SMILES string of the molecule is Cc1ccc(C(C)(C)C)cc1CN(C)CC=O. The van der Waals surface area contributed by atoms with Crippen molar-refractivity contribution in [3.8, 4) is 0 Å². The first-order valence-corrected chi connectivity index (χ1v) is 6.07. The molecule has 0 spiro atoms. The molecule has 0 radical (unpaired) electrons. The molecular formula is C15H23NO. The Morgan fingerprint density at radius 1 is 1.29 bits per heavy atom. The molecule has 0 bridgehead atoms. The zero-order chi connectivity index (χ0) is 13.1. The number of hydrogen-bond acceptors (Lipinski definition) is 2. The van der Waals surface area contributed by atoms with E-state index in [1.54, 1.807) is 0 Å². The number of aryl methyl sites for hydroxylation is 1. The molecule has 0 heterocycles. The van der Waals surface area contributed by atoms with E-state index in [0.29, 0.717) is 6.54 Å². The monoisotopic (exact) mass is 233 g/mol. The molecule has 1 aromatic rings. The molecule has 1 rings (SSSR count). The summed E-state index contributed by atoms with van der Waals surface area (Å²) in [4.78, 5) is 12.5. The van der Waals surface area contributed by atoms with Crippen LogP contribution in [0.15, 0.2) is 18.2 Å². The lowest BCUT2D eigenvalue weighted by Crippen LogP contribution is -2.21. The Morgan fingerprint density at radius 2 is 1.94 bits per heavy atom. The quantitative estimate of drug-likeness (QED) is 0.745. The zero-order valence-electron chi connectivity index (χ0n) is 11.6. The van der Waals surface area contributed by atoms with E-state index < -0.39 is 0 Å². The van der Waals surface area contributed by atoms with Crippen molar-refractivity contribution in [1.82, 2.24) is 4.90 Å². The summed E-state index contributed by atoms with van der Waals surface area (Å²) < 4.78 is 0. The van der Waals surface area contributed by atoms with Crippen LogP contribution >= 0.6 is 0 Å². The Kier molecular flexibility index (Phi) is 4.47. The van der Waals surface area contributed by atoms with E-state index >= 15 is 0 Å². The number of likely N-dealkylation sites (N-methyl/N-ethyl adjacent to an activating group) is 1. The number of carbonyl (C=O) groups excluding carboxylic acids is 1. The first kappa shape index (κ1) is 13.9. The van der Waals surface area contributed by atoms with Gasteiger partial charge in [0, 0.05) is 6.54 Å². The van der Waals surface area contributed by atoms with E-state index in [1.165, 1.54) is 16.7 Å². The van der Waals surface area contributed by atoms with Crippen molar-refractivity contribution in [2.45, 2.75) is 39.7 Å². The third-order valence-electron chi connectivity index (χ3n) is 3.04. The van der Waals surface area contributed by atoms with Gasteiger partial charge in [-0.2, -0.15) is 0 Å². The van der Waals surface area contributed by atoms with Crippen molar-refractivity contribution < 1.29 is 4.79 Å². The summed E-state index contributed by atoms with van der Waals surface area (Å²) in [7, 11) is 1.97. The van der Waals surface area contributed by atoms with Crippen LogP contribution in [0.2, 0.25) is 0 Å². The van der Waals surface area contributed by atoms with Gasteiger partial charge in [0.05, 0.1) is 6.54 Å². The van der Waals surface area contributed by atoms with Gasteiger partial charge >= 0.3 is 0 Å². The van der Waals surface area contributed by atoms with Gasteiger partial charge in [0.25, 0.3) is 0 Å². The van der Waals surface area contributed by atoms with Gasteiger partial charge in [0.15, 0.2) is 0 Å². The Hall–Kier alpha value is -1.15. The number of benzene rings is 1. The topological polar surface area (TPSA) is 20.3 Å². The molecule has 0 atom stereocenters. The molecule has 0 aliphatic heterocycles. The Bertz CT molecular complexity index is 390. The lowest BCUT2D eigenvalue weighted by atomic mass is 9.85. The van der Waals surface area contributed by atoms with Gasteiger partial charge in [-0.05, 0) is 36.1 Å². The normalized spacial score (nSPS) is 11.9. The lowest BCUT2D eigenvalue weighted by Gasteiger charge is -2.22. The average molecular weight is 233 g/mol. The number of hydrogen-bond donors (Lipinski definition) is 0. The molecule has 0 aliphatic rings. The maximum absolute atomic E-state index is 10.5. The standard InChI is InChI=1S/C15H23NO/c1-12-6-7-14(15(2,3)4)10-13(12)11-16(5)8-9-17/h6-7,9-10H,8,11H2,1-5H3. The van der Waals surface area contributed by atoms with Crippen LogP contribution in [-0.4, -0.2) is 24.8 Å². The van der Waals surface area contributed by atoms with Crippen molar-refractivity contribution in [2.24, 2.45) is 0 Å². The first-order valence-electron chi connectivity index (χ1n) is 6.07. The smallest absolute Gasteiger partial charge is 0.133 e. The Balaban J connectivity index is 2.95. The third-order valence-corrected chi connectivity index (χ3v) is 3.04. The summed E-state index contributed by atoms with van der Waals surface area (Å²) in [5.41, 5.74) is 4.11. The molecular weight excluding hydrogens is 210 g/mol. The van der Waals surface area contributed by atoms with E-state index in [4.69, 9.17) is 0 Å². The largest absolute Gasteiger partial charge is 0.302 e. The van der Waals surface area contributed by atoms with Crippen LogP contribution in [0, 0.1) is 6.92 Å². The van der Waals surface area contributed by atoms with Crippen molar-refractivity contribution in [3.05, 3.63) is 34.9 Å². The maximum atomic E-state index is 10.5. The average Bonchev–Trinajstić information content (AvgIpc) is 2.20. The summed E-state index contributed by atoms with van der Waals surface area (Å²) in [5, 5.41) is 0. The zero-order valence-corrected chi connectivity index (χ0v) is 11.6. The van der Waals surface area contributed by atoms with Gasteiger partial charge in [-0.25, -0.2) is 0 Å². The second-order valence-corrected chi connectivity index (χ2v) is 5.75. The van der Waals surface area contributed by atoms with Crippen LogP contribution in [0.4, 0.5) is 0 Å². The fourth-order valence-electron chi connectivity index (χ4n) is 1.79. The van der Waals surface area contributed by atoms with Crippen LogP contribution in [0.25, 0.3) is 0 Å². The molecule has 0 fully saturated rings. The predicted molar refractivity (Wildman–Crippen MR) is 72.3 cm³/mol. The van der Waals surface area contributed by atoms with Crippen LogP contribution in [0.3, 0.4) is 0 Å². The van der Waals surface area contributed by atoms with Gasteiger partial charge in [0.2, 0.25) is 0 Å². The minimum atomic E-state index is 0.172. The van der Waals surface area contributed by atoms with Crippen LogP contribution < -0.4 is 0 Å². The molecule has 0 N–H and O–H groups in total. The molecule has 0 amide bonds. The fourth-order valence-corrected chi connectivity index (χ4v) is 1.79.